The molecule has 0 spiro atoms. The maximum absolute atomic E-state index is 11.8. The molecule has 1 aliphatic heterocycles. The molecule has 1 saturated carbocycles. The van der Waals surface area contributed by atoms with E-state index in [-0.39, 0.29) is 11.9 Å². The van der Waals surface area contributed by atoms with Gasteiger partial charge >= 0.3 is 5.97 Å². The molecule has 5 heteroatoms. The molecule has 120 valence electrons. The van der Waals surface area contributed by atoms with Crippen molar-refractivity contribution in [2.24, 2.45) is 22.2 Å². The van der Waals surface area contributed by atoms with Gasteiger partial charge in [-0.3, -0.25) is 9.79 Å². The molecule has 2 rings (SSSR count). The standard InChI is InChI=1S/C16H29N3O2/c1-12-9-19(10-13(12)14(20)21-4)15(17-3)18-11-16(2)7-5-6-8-16/h12-13H,5-11H2,1-4H3,(H,17,18). The number of nitrogens with zero attached hydrogens (tertiary/aromatic N) is 2. The summed E-state index contributed by atoms with van der Waals surface area (Å²) in [6, 6.07) is 0. The van der Waals surface area contributed by atoms with E-state index in [1.54, 1.807) is 0 Å². The van der Waals surface area contributed by atoms with Crippen LogP contribution in [0, 0.1) is 17.3 Å². The fourth-order valence-corrected chi connectivity index (χ4v) is 3.63. The van der Waals surface area contributed by atoms with Crippen LogP contribution in [0.3, 0.4) is 0 Å². The summed E-state index contributed by atoms with van der Waals surface area (Å²) in [5, 5.41) is 3.52. The Morgan fingerprint density at radius 2 is 2.05 bits per heavy atom. The molecular weight excluding hydrogens is 266 g/mol. The molecule has 2 aliphatic rings. The average molecular weight is 295 g/mol. The van der Waals surface area contributed by atoms with Crippen LogP contribution in [0.1, 0.15) is 39.5 Å². The van der Waals surface area contributed by atoms with Crippen LogP contribution in [0.25, 0.3) is 0 Å². The minimum Gasteiger partial charge on any atom is -0.469 e. The number of methoxy groups -OCH3 is 1. The van der Waals surface area contributed by atoms with E-state index in [0.29, 0.717) is 17.9 Å². The summed E-state index contributed by atoms with van der Waals surface area (Å²) < 4.78 is 4.90. The SMILES string of the molecule is CN=C(NCC1(C)CCCC1)N1CC(C)C(C(=O)OC)C1. The van der Waals surface area contributed by atoms with Gasteiger partial charge in [0.1, 0.15) is 0 Å². The van der Waals surface area contributed by atoms with Crippen molar-refractivity contribution < 1.29 is 9.53 Å². The van der Waals surface area contributed by atoms with Gasteiger partial charge in [0.25, 0.3) is 0 Å². The monoisotopic (exact) mass is 295 g/mol. The number of likely N-dealkylation sites (tertiary alicyclic amines) is 1. The van der Waals surface area contributed by atoms with Crippen LogP contribution < -0.4 is 5.32 Å². The Morgan fingerprint density at radius 3 is 2.62 bits per heavy atom. The highest BCUT2D eigenvalue weighted by Gasteiger charge is 2.37. The van der Waals surface area contributed by atoms with Crippen LogP contribution in [-0.2, 0) is 9.53 Å². The van der Waals surface area contributed by atoms with Crippen molar-refractivity contribution in [3.05, 3.63) is 0 Å². The van der Waals surface area contributed by atoms with Gasteiger partial charge in [0.2, 0.25) is 0 Å². The number of esters is 1. The van der Waals surface area contributed by atoms with E-state index in [0.717, 1.165) is 19.0 Å². The molecule has 1 saturated heterocycles. The third-order valence-corrected chi connectivity index (χ3v) is 5.11. The Kier molecular flexibility index (Phi) is 5.12. The Labute approximate surface area is 128 Å². The highest BCUT2D eigenvalue weighted by atomic mass is 16.5. The summed E-state index contributed by atoms with van der Waals surface area (Å²) in [6.45, 7) is 6.98. The Balaban J connectivity index is 1.91. The van der Waals surface area contributed by atoms with Crippen molar-refractivity contribution in [1.82, 2.24) is 10.2 Å². The number of rotatable bonds is 3. The van der Waals surface area contributed by atoms with Gasteiger partial charge in [0.05, 0.1) is 13.0 Å². The number of hydrogen-bond donors (Lipinski definition) is 1. The first-order valence-corrected chi connectivity index (χ1v) is 8.02. The molecule has 0 amide bonds. The molecule has 5 nitrogen and oxygen atoms in total. The summed E-state index contributed by atoms with van der Waals surface area (Å²) >= 11 is 0. The van der Waals surface area contributed by atoms with Crippen LogP contribution >= 0.6 is 0 Å². The topological polar surface area (TPSA) is 53.9 Å². The number of hydrogen-bond acceptors (Lipinski definition) is 3. The van der Waals surface area contributed by atoms with Gasteiger partial charge in [0.15, 0.2) is 5.96 Å². The molecular formula is C16H29N3O2. The molecule has 0 radical (unpaired) electrons. The van der Waals surface area contributed by atoms with E-state index in [4.69, 9.17) is 4.74 Å². The number of aliphatic imine (C=N–C) groups is 1. The number of carbonyl (C=O) groups excluding carboxylic acids is 1. The lowest BCUT2D eigenvalue weighted by Gasteiger charge is -2.28. The largest absolute Gasteiger partial charge is 0.469 e. The van der Waals surface area contributed by atoms with Crippen LogP contribution in [0.4, 0.5) is 0 Å². The minimum atomic E-state index is -0.108. The molecule has 1 aliphatic carbocycles. The molecule has 0 aromatic heterocycles. The average Bonchev–Trinajstić information content (AvgIpc) is 3.06. The smallest absolute Gasteiger partial charge is 0.310 e. The number of ether oxygens (including phenoxy) is 1. The van der Waals surface area contributed by atoms with E-state index in [9.17, 15) is 4.79 Å². The predicted molar refractivity (Wildman–Crippen MR) is 84.2 cm³/mol. The van der Waals surface area contributed by atoms with E-state index < -0.39 is 0 Å². The van der Waals surface area contributed by atoms with Crippen LogP contribution in [0.2, 0.25) is 0 Å². The third-order valence-electron chi connectivity index (χ3n) is 5.11. The van der Waals surface area contributed by atoms with E-state index in [1.165, 1.54) is 32.8 Å². The van der Waals surface area contributed by atoms with Crippen LogP contribution in [0.5, 0.6) is 0 Å². The first-order chi connectivity index (χ1) is 9.99. The summed E-state index contributed by atoms with van der Waals surface area (Å²) in [6.07, 6.45) is 5.25. The van der Waals surface area contributed by atoms with Crippen molar-refractivity contribution in [1.29, 1.82) is 0 Å². The lowest BCUT2D eigenvalue weighted by atomic mass is 9.89. The van der Waals surface area contributed by atoms with Gasteiger partial charge in [-0.2, -0.15) is 0 Å². The number of nitrogens with one attached hydrogen (secondary N) is 1. The van der Waals surface area contributed by atoms with E-state index >= 15 is 0 Å². The first kappa shape index (κ1) is 16.1. The maximum Gasteiger partial charge on any atom is 0.310 e. The van der Waals surface area contributed by atoms with Gasteiger partial charge in [-0.15, -0.1) is 0 Å². The van der Waals surface area contributed by atoms with Crippen molar-refractivity contribution >= 4 is 11.9 Å². The lowest BCUT2D eigenvalue weighted by Crippen LogP contribution is -2.44. The Morgan fingerprint density at radius 1 is 1.38 bits per heavy atom. The molecule has 2 atom stereocenters. The fraction of sp³-hybridized carbons (Fsp3) is 0.875. The van der Waals surface area contributed by atoms with E-state index in [2.05, 4.69) is 29.1 Å². The molecule has 0 bridgehead atoms. The summed E-state index contributed by atoms with van der Waals surface area (Å²) in [5.41, 5.74) is 0.392. The molecule has 2 fully saturated rings. The Hall–Kier alpha value is -1.26. The normalized spacial score (nSPS) is 28.8. The molecule has 1 heterocycles. The van der Waals surface area contributed by atoms with Crippen LogP contribution in [0.15, 0.2) is 4.99 Å². The minimum absolute atomic E-state index is 0.0457. The van der Waals surface area contributed by atoms with Crippen molar-refractivity contribution in [3.8, 4) is 0 Å². The zero-order chi connectivity index (χ0) is 15.5. The van der Waals surface area contributed by atoms with Crippen molar-refractivity contribution in [2.75, 3.05) is 33.8 Å². The van der Waals surface area contributed by atoms with Crippen molar-refractivity contribution in [3.63, 3.8) is 0 Å². The van der Waals surface area contributed by atoms with Gasteiger partial charge < -0.3 is 15.0 Å². The fourth-order valence-electron chi connectivity index (χ4n) is 3.63. The van der Waals surface area contributed by atoms with Crippen LogP contribution in [-0.4, -0.2) is 50.6 Å². The molecule has 1 N–H and O–H groups in total. The van der Waals surface area contributed by atoms with Gasteiger partial charge in [0, 0.05) is 26.7 Å². The van der Waals surface area contributed by atoms with Gasteiger partial charge in [-0.25, -0.2) is 0 Å². The highest BCUT2D eigenvalue weighted by Crippen LogP contribution is 2.36. The summed E-state index contributed by atoms with van der Waals surface area (Å²) in [7, 11) is 3.28. The second-order valence-electron chi connectivity index (χ2n) is 6.93. The van der Waals surface area contributed by atoms with Gasteiger partial charge in [-0.1, -0.05) is 26.7 Å². The Bertz CT molecular complexity index is 402. The molecule has 0 aromatic carbocycles. The van der Waals surface area contributed by atoms with E-state index in [1.807, 2.05) is 7.05 Å². The van der Waals surface area contributed by atoms with Crippen molar-refractivity contribution in [2.45, 2.75) is 39.5 Å². The second kappa shape index (κ2) is 6.67. The maximum atomic E-state index is 11.8. The zero-order valence-corrected chi connectivity index (χ0v) is 13.8. The predicted octanol–water partition coefficient (Wildman–Crippen LogP) is 1.88. The molecule has 2 unspecified atom stereocenters. The third kappa shape index (κ3) is 3.69. The zero-order valence-electron chi connectivity index (χ0n) is 13.8. The number of guanidine groups is 1. The lowest BCUT2D eigenvalue weighted by molar-refractivity contribution is -0.145. The van der Waals surface area contributed by atoms with Gasteiger partial charge in [-0.05, 0) is 24.2 Å². The quantitative estimate of drug-likeness (QED) is 0.491. The first-order valence-electron chi connectivity index (χ1n) is 8.02. The highest BCUT2D eigenvalue weighted by molar-refractivity contribution is 5.82. The molecule has 21 heavy (non-hydrogen) atoms. The summed E-state index contributed by atoms with van der Waals surface area (Å²) in [4.78, 5) is 18.4. The second-order valence-corrected chi connectivity index (χ2v) is 6.93. The summed E-state index contributed by atoms with van der Waals surface area (Å²) in [5.74, 6) is 1.07. The number of carbonyl (C=O) groups is 1. The molecule has 0 aromatic rings.